The van der Waals surface area contributed by atoms with Crippen LogP contribution in [0.25, 0.3) is 10.8 Å². The lowest BCUT2D eigenvalue weighted by molar-refractivity contribution is 0.0836. The van der Waals surface area contributed by atoms with Crippen LogP contribution in [-0.2, 0) is 0 Å². The van der Waals surface area contributed by atoms with Crippen LogP contribution in [0.3, 0.4) is 0 Å². The highest BCUT2D eigenvalue weighted by atomic mass is 16.3. The monoisotopic (exact) mass is 285 g/mol. The molecular weight excluding hydrogens is 266 g/mol. The zero-order chi connectivity index (χ0) is 14.9. The van der Waals surface area contributed by atoms with E-state index in [4.69, 9.17) is 0 Å². The molecule has 1 fully saturated rings. The zero-order valence-electron chi connectivity index (χ0n) is 11.8. The molecule has 0 bridgehead atoms. The number of nitrogens with one attached hydrogen (secondary N) is 1. The van der Waals surface area contributed by atoms with E-state index >= 15 is 0 Å². The minimum absolute atomic E-state index is 0.00307. The number of hydrogen-bond donors (Lipinski definition) is 3. The second-order valence-electron chi connectivity index (χ2n) is 5.78. The number of carbonyl (C=O) groups is 1. The quantitative estimate of drug-likeness (QED) is 0.812. The molecule has 2 aromatic carbocycles. The number of amides is 1. The number of aromatic hydroxyl groups is 1. The van der Waals surface area contributed by atoms with E-state index in [0.717, 1.165) is 31.1 Å². The smallest absolute Gasteiger partial charge is 0.255 e. The molecule has 2 aromatic rings. The minimum Gasteiger partial charge on any atom is -0.506 e. The first kappa shape index (κ1) is 13.9. The molecule has 0 radical (unpaired) electrons. The summed E-state index contributed by atoms with van der Waals surface area (Å²) in [6.07, 6.45) is 3.57. The molecule has 3 rings (SSSR count). The Morgan fingerprint density at radius 1 is 1.14 bits per heavy atom. The van der Waals surface area contributed by atoms with Crippen molar-refractivity contribution >= 4 is 16.7 Å². The fourth-order valence-electron chi connectivity index (χ4n) is 3.12. The van der Waals surface area contributed by atoms with E-state index < -0.39 is 5.54 Å². The highest BCUT2D eigenvalue weighted by Gasteiger charge is 2.35. The summed E-state index contributed by atoms with van der Waals surface area (Å²) in [6.45, 7) is -0.0624. The van der Waals surface area contributed by atoms with Gasteiger partial charge in [-0.25, -0.2) is 0 Å². The van der Waals surface area contributed by atoms with Crippen LogP contribution in [0.15, 0.2) is 36.4 Å². The summed E-state index contributed by atoms with van der Waals surface area (Å²) in [5, 5.41) is 24.4. The van der Waals surface area contributed by atoms with Crippen LogP contribution in [0.4, 0.5) is 0 Å². The lowest BCUT2D eigenvalue weighted by Crippen LogP contribution is -2.49. The largest absolute Gasteiger partial charge is 0.506 e. The van der Waals surface area contributed by atoms with Crippen molar-refractivity contribution in [3.8, 4) is 5.75 Å². The summed E-state index contributed by atoms with van der Waals surface area (Å²) in [5.41, 5.74) is -0.275. The number of phenols is 1. The van der Waals surface area contributed by atoms with Crippen LogP contribution in [0.5, 0.6) is 5.75 Å². The zero-order valence-corrected chi connectivity index (χ0v) is 11.8. The molecule has 0 saturated heterocycles. The fourth-order valence-corrected chi connectivity index (χ4v) is 3.12. The number of fused-ring (bicyclic) bond motifs is 1. The van der Waals surface area contributed by atoms with E-state index in [9.17, 15) is 15.0 Å². The molecular formula is C17H19NO3. The third-order valence-corrected chi connectivity index (χ3v) is 4.39. The van der Waals surface area contributed by atoms with Crippen molar-refractivity contribution in [2.24, 2.45) is 0 Å². The van der Waals surface area contributed by atoms with Gasteiger partial charge in [0, 0.05) is 5.39 Å². The number of rotatable bonds is 3. The molecule has 4 heteroatoms. The Balaban J connectivity index is 1.93. The SMILES string of the molecule is O=C(NC1(CO)CCCC1)c1ccc2ccccc2c1O. The van der Waals surface area contributed by atoms with Crippen LogP contribution in [0.2, 0.25) is 0 Å². The molecule has 4 nitrogen and oxygen atoms in total. The van der Waals surface area contributed by atoms with Crippen molar-refractivity contribution in [3.05, 3.63) is 42.0 Å². The van der Waals surface area contributed by atoms with Crippen LogP contribution < -0.4 is 5.32 Å². The van der Waals surface area contributed by atoms with E-state index in [1.807, 2.05) is 24.3 Å². The van der Waals surface area contributed by atoms with E-state index in [1.54, 1.807) is 12.1 Å². The Kier molecular flexibility index (Phi) is 3.55. The number of phenolic OH excluding ortho intramolecular Hbond substituents is 1. The molecule has 1 amide bonds. The summed E-state index contributed by atoms with van der Waals surface area (Å²) in [7, 11) is 0. The van der Waals surface area contributed by atoms with Crippen molar-refractivity contribution < 1.29 is 15.0 Å². The predicted octanol–water partition coefficient (Wildman–Crippen LogP) is 2.58. The van der Waals surface area contributed by atoms with E-state index in [2.05, 4.69) is 5.32 Å². The average molecular weight is 285 g/mol. The molecule has 21 heavy (non-hydrogen) atoms. The van der Waals surface area contributed by atoms with E-state index in [0.29, 0.717) is 5.39 Å². The first-order chi connectivity index (χ1) is 10.2. The molecule has 3 N–H and O–H groups in total. The molecule has 0 aromatic heterocycles. The highest BCUT2D eigenvalue weighted by molar-refractivity contribution is 6.03. The molecule has 1 saturated carbocycles. The lowest BCUT2D eigenvalue weighted by atomic mass is 9.97. The van der Waals surface area contributed by atoms with Gasteiger partial charge in [-0.1, -0.05) is 43.2 Å². The first-order valence-electron chi connectivity index (χ1n) is 7.29. The van der Waals surface area contributed by atoms with Crippen molar-refractivity contribution in [2.45, 2.75) is 31.2 Å². The molecule has 110 valence electrons. The van der Waals surface area contributed by atoms with Crippen molar-refractivity contribution in [2.75, 3.05) is 6.61 Å². The van der Waals surface area contributed by atoms with Gasteiger partial charge in [0.1, 0.15) is 5.75 Å². The van der Waals surface area contributed by atoms with Gasteiger partial charge < -0.3 is 15.5 Å². The maximum Gasteiger partial charge on any atom is 0.255 e. The minimum atomic E-state index is -0.533. The Morgan fingerprint density at radius 3 is 2.57 bits per heavy atom. The van der Waals surface area contributed by atoms with E-state index in [-0.39, 0.29) is 23.8 Å². The summed E-state index contributed by atoms with van der Waals surface area (Å²) in [5.74, 6) is -0.328. The van der Waals surface area contributed by atoms with Crippen LogP contribution in [0, 0.1) is 0 Å². The molecule has 0 aliphatic heterocycles. The third kappa shape index (κ3) is 2.47. The van der Waals surface area contributed by atoms with Gasteiger partial charge in [-0.15, -0.1) is 0 Å². The number of aliphatic hydroxyl groups is 1. The van der Waals surface area contributed by atoms with Crippen LogP contribution in [0.1, 0.15) is 36.0 Å². The Bertz CT molecular complexity index is 675. The summed E-state index contributed by atoms with van der Waals surface area (Å²) >= 11 is 0. The van der Waals surface area contributed by atoms with Gasteiger partial charge in [0.2, 0.25) is 0 Å². The maximum absolute atomic E-state index is 12.4. The molecule has 0 spiro atoms. The van der Waals surface area contributed by atoms with E-state index in [1.165, 1.54) is 0 Å². The maximum atomic E-state index is 12.4. The molecule has 0 heterocycles. The predicted molar refractivity (Wildman–Crippen MR) is 81.4 cm³/mol. The number of benzene rings is 2. The summed E-state index contributed by atoms with van der Waals surface area (Å²) in [4.78, 5) is 12.4. The van der Waals surface area contributed by atoms with Crippen molar-refractivity contribution in [1.29, 1.82) is 0 Å². The normalized spacial score (nSPS) is 17.0. The lowest BCUT2D eigenvalue weighted by Gasteiger charge is -2.28. The van der Waals surface area contributed by atoms with Crippen LogP contribution in [-0.4, -0.2) is 28.3 Å². The van der Waals surface area contributed by atoms with Gasteiger partial charge in [-0.05, 0) is 24.3 Å². The number of aliphatic hydroxyl groups excluding tert-OH is 1. The third-order valence-electron chi connectivity index (χ3n) is 4.39. The molecule has 1 aliphatic carbocycles. The standard InChI is InChI=1S/C17H19NO3/c19-11-17(9-3-4-10-17)18-16(21)14-8-7-12-5-1-2-6-13(12)15(14)20/h1-2,5-8,19-20H,3-4,9-11H2,(H,18,21). The van der Waals surface area contributed by atoms with Gasteiger partial charge in [-0.2, -0.15) is 0 Å². The Labute approximate surface area is 123 Å². The Morgan fingerprint density at radius 2 is 1.86 bits per heavy atom. The van der Waals surface area contributed by atoms with Gasteiger partial charge in [0.25, 0.3) is 5.91 Å². The second kappa shape index (κ2) is 5.37. The first-order valence-corrected chi connectivity index (χ1v) is 7.29. The number of carbonyl (C=O) groups excluding carboxylic acids is 1. The average Bonchev–Trinajstić information content (AvgIpc) is 2.97. The molecule has 0 unspecified atom stereocenters. The van der Waals surface area contributed by atoms with Crippen molar-refractivity contribution in [1.82, 2.24) is 5.32 Å². The summed E-state index contributed by atoms with van der Waals surface area (Å²) < 4.78 is 0. The van der Waals surface area contributed by atoms with Crippen LogP contribution >= 0.6 is 0 Å². The molecule has 0 atom stereocenters. The topological polar surface area (TPSA) is 69.6 Å². The Hall–Kier alpha value is -2.07. The van der Waals surface area contributed by atoms with Gasteiger partial charge in [0.05, 0.1) is 17.7 Å². The van der Waals surface area contributed by atoms with Gasteiger partial charge in [0.15, 0.2) is 0 Å². The highest BCUT2D eigenvalue weighted by Crippen LogP contribution is 2.32. The second-order valence-corrected chi connectivity index (χ2v) is 5.78. The number of hydrogen-bond acceptors (Lipinski definition) is 3. The van der Waals surface area contributed by atoms with Gasteiger partial charge >= 0.3 is 0 Å². The van der Waals surface area contributed by atoms with Gasteiger partial charge in [-0.3, -0.25) is 4.79 Å². The molecule has 1 aliphatic rings. The van der Waals surface area contributed by atoms with Crippen molar-refractivity contribution in [3.63, 3.8) is 0 Å². The summed E-state index contributed by atoms with van der Waals surface area (Å²) in [6, 6.07) is 10.9. The fraction of sp³-hybridized carbons (Fsp3) is 0.353.